The number of aryl methyl sites for hydroxylation is 1. The van der Waals surface area contributed by atoms with Gasteiger partial charge in [0.15, 0.2) is 15.7 Å². The molecule has 13 heteroatoms. The van der Waals surface area contributed by atoms with Crippen LogP contribution in [0.3, 0.4) is 0 Å². The molecule has 0 aliphatic heterocycles. The van der Waals surface area contributed by atoms with Crippen molar-refractivity contribution in [2.45, 2.75) is 56.9 Å². The quantitative estimate of drug-likeness (QED) is 0.294. The second kappa shape index (κ2) is 13.2. The second-order valence-electron chi connectivity index (χ2n) is 9.14. The Bertz CT molecular complexity index is 1280. The smallest absolute Gasteiger partial charge is 0.213 e. The van der Waals surface area contributed by atoms with E-state index in [1.807, 2.05) is 20.8 Å². The second-order valence-corrected chi connectivity index (χ2v) is 11.5. The van der Waals surface area contributed by atoms with Gasteiger partial charge in [0.05, 0.1) is 55.3 Å². The molecule has 0 N–H and O–H groups in total. The van der Waals surface area contributed by atoms with Gasteiger partial charge in [0, 0.05) is 26.5 Å². The van der Waals surface area contributed by atoms with Crippen LogP contribution in [0.5, 0.6) is 5.88 Å². The molecule has 0 unspecified atom stereocenters. The predicted octanol–water partition coefficient (Wildman–Crippen LogP) is 2.75. The molecule has 208 valence electrons. The summed E-state index contributed by atoms with van der Waals surface area (Å²) < 4.78 is 51.4. The highest BCUT2D eigenvalue weighted by Crippen LogP contribution is 2.30. The number of hydrogen-bond acceptors (Lipinski definition) is 11. The molecule has 0 amide bonds. The van der Waals surface area contributed by atoms with Crippen LogP contribution in [-0.4, -0.2) is 84.0 Å². The van der Waals surface area contributed by atoms with Crippen LogP contribution in [0.15, 0.2) is 30.6 Å². The van der Waals surface area contributed by atoms with Gasteiger partial charge in [0.2, 0.25) is 5.88 Å². The maximum atomic E-state index is 13.8. The molecule has 0 bridgehead atoms. The van der Waals surface area contributed by atoms with Crippen LogP contribution in [-0.2, 0) is 29.8 Å². The number of pyridine rings is 1. The zero-order valence-electron chi connectivity index (χ0n) is 22.9. The standard InChI is InChI=1S/C25H36N6O6S/c1-16(2)37-24(21-12-26-17(3)11-27-21)18(4)38(32,33)15-22-29-30-25(20-9-8-10-23(28-20)36-7)31(22)19(13-34-5)14-35-6/h8-12,16,18-19,24H,13-15H2,1-7H3/t18-,24+/m0/s1. The number of ether oxygens (including phenoxy) is 4. The highest BCUT2D eigenvalue weighted by atomic mass is 32.2. The van der Waals surface area contributed by atoms with E-state index in [4.69, 9.17) is 18.9 Å². The molecule has 3 heterocycles. The zero-order valence-corrected chi connectivity index (χ0v) is 23.7. The number of aromatic nitrogens is 6. The van der Waals surface area contributed by atoms with E-state index in [0.717, 1.165) is 5.69 Å². The SMILES string of the molecule is COCC(COC)n1c(CS(=O)(=O)[C@@H](C)[C@@H](OC(C)C)c2cnc(C)cn2)nnc1-c1cccc(OC)n1. The van der Waals surface area contributed by atoms with Gasteiger partial charge in [-0.25, -0.2) is 13.4 Å². The van der Waals surface area contributed by atoms with E-state index in [1.165, 1.54) is 7.11 Å². The van der Waals surface area contributed by atoms with Crippen LogP contribution >= 0.6 is 0 Å². The van der Waals surface area contributed by atoms with Crippen molar-refractivity contribution < 1.29 is 27.4 Å². The molecule has 3 aromatic rings. The first-order chi connectivity index (χ1) is 18.1. The number of rotatable bonds is 14. The fourth-order valence-corrected chi connectivity index (χ4v) is 5.38. The normalized spacial score (nSPS) is 13.7. The molecule has 38 heavy (non-hydrogen) atoms. The summed E-state index contributed by atoms with van der Waals surface area (Å²) >= 11 is 0. The first-order valence-electron chi connectivity index (χ1n) is 12.2. The largest absolute Gasteiger partial charge is 0.481 e. The number of sulfone groups is 1. The lowest BCUT2D eigenvalue weighted by molar-refractivity contribution is 0.00382. The molecule has 0 radical (unpaired) electrons. The summed E-state index contributed by atoms with van der Waals surface area (Å²) in [6, 6.07) is 4.83. The number of nitrogens with zero attached hydrogens (tertiary/aromatic N) is 6. The summed E-state index contributed by atoms with van der Waals surface area (Å²) in [4.78, 5) is 13.1. The van der Waals surface area contributed by atoms with E-state index in [1.54, 1.807) is 56.3 Å². The minimum absolute atomic E-state index is 0.230. The van der Waals surface area contributed by atoms with Crippen molar-refractivity contribution in [3.8, 4) is 17.4 Å². The average molecular weight is 549 g/mol. The summed E-state index contributed by atoms with van der Waals surface area (Å²) in [5.74, 6) is 0.601. The summed E-state index contributed by atoms with van der Waals surface area (Å²) in [5, 5.41) is 7.65. The Labute approximate surface area is 223 Å². The van der Waals surface area contributed by atoms with Gasteiger partial charge >= 0.3 is 0 Å². The summed E-state index contributed by atoms with van der Waals surface area (Å²) in [5.41, 5.74) is 1.64. The van der Waals surface area contributed by atoms with E-state index in [-0.39, 0.29) is 25.1 Å². The fraction of sp³-hybridized carbons (Fsp3) is 0.560. The van der Waals surface area contributed by atoms with Gasteiger partial charge in [0.1, 0.15) is 23.4 Å². The van der Waals surface area contributed by atoms with Crippen LogP contribution in [0.2, 0.25) is 0 Å². The first-order valence-corrected chi connectivity index (χ1v) is 13.9. The molecule has 3 rings (SSSR count). The highest BCUT2D eigenvalue weighted by molar-refractivity contribution is 7.91. The minimum Gasteiger partial charge on any atom is -0.481 e. The van der Waals surface area contributed by atoms with E-state index in [2.05, 4.69) is 25.1 Å². The lowest BCUT2D eigenvalue weighted by Crippen LogP contribution is -2.32. The van der Waals surface area contributed by atoms with Gasteiger partial charge < -0.3 is 23.5 Å². The van der Waals surface area contributed by atoms with Crippen molar-refractivity contribution in [2.75, 3.05) is 34.5 Å². The zero-order chi connectivity index (χ0) is 27.9. The number of methoxy groups -OCH3 is 3. The Kier molecular flexibility index (Phi) is 10.3. The molecule has 3 aromatic heterocycles. The van der Waals surface area contributed by atoms with Gasteiger partial charge in [-0.3, -0.25) is 9.97 Å². The van der Waals surface area contributed by atoms with Crippen molar-refractivity contribution >= 4 is 9.84 Å². The van der Waals surface area contributed by atoms with Crippen molar-refractivity contribution in [1.82, 2.24) is 29.7 Å². The average Bonchev–Trinajstić information content (AvgIpc) is 3.29. The van der Waals surface area contributed by atoms with Crippen LogP contribution in [0, 0.1) is 6.92 Å². The topological polar surface area (TPSA) is 140 Å². The molecule has 0 aromatic carbocycles. The molecule has 0 saturated carbocycles. The van der Waals surface area contributed by atoms with Crippen LogP contribution in [0.4, 0.5) is 0 Å². The Morgan fingerprint density at radius 2 is 1.68 bits per heavy atom. The maximum Gasteiger partial charge on any atom is 0.213 e. The van der Waals surface area contributed by atoms with Gasteiger partial charge in [-0.15, -0.1) is 10.2 Å². The summed E-state index contributed by atoms with van der Waals surface area (Å²) in [6.07, 6.45) is 2.09. The van der Waals surface area contributed by atoms with Crippen molar-refractivity contribution in [1.29, 1.82) is 0 Å². The molecule has 0 spiro atoms. The van der Waals surface area contributed by atoms with Crippen LogP contribution < -0.4 is 4.74 Å². The Morgan fingerprint density at radius 1 is 0.974 bits per heavy atom. The van der Waals surface area contributed by atoms with Gasteiger partial charge in [0.25, 0.3) is 0 Å². The molecular formula is C25H36N6O6S. The van der Waals surface area contributed by atoms with Crippen molar-refractivity contribution in [3.05, 3.63) is 47.8 Å². The molecule has 0 aliphatic carbocycles. The number of hydrogen-bond donors (Lipinski definition) is 0. The third kappa shape index (κ3) is 7.10. The monoisotopic (exact) mass is 548 g/mol. The van der Waals surface area contributed by atoms with Gasteiger partial charge in [-0.1, -0.05) is 6.07 Å². The maximum absolute atomic E-state index is 13.8. The lowest BCUT2D eigenvalue weighted by Gasteiger charge is -2.26. The van der Waals surface area contributed by atoms with Crippen molar-refractivity contribution in [3.63, 3.8) is 0 Å². The minimum atomic E-state index is -3.83. The van der Waals surface area contributed by atoms with Crippen LogP contribution in [0.25, 0.3) is 11.5 Å². The Morgan fingerprint density at radius 3 is 2.26 bits per heavy atom. The molecule has 0 fully saturated rings. The Hall–Kier alpha value is -3.00. The highest BCUT2D eigenvalue weighted by Gasteiger charge is 2.36. The molecule has 0 aliphatic rings. The first kappa shape index (κ1) is 29.6. The van der Waals surface area contributed by atoms with Crippen LogP contribution in [0.1, 0.15) is 50.1 Å². The lowest BCUT2D eigenvalue weighted by atomic mass is 10.2. The molecular weight excluding hydrogens is 512 g/mol. The molecule has 12 nitrogen and oxygen atoms in total. The molecule has 2 atom stereocenters. The Balaban J connectivity index is 2.05. The third-order valence-corrected chi connectivity index (χ3v) is 7.89. The van der Waals surface area contributed by atoms with E-state index in [9.17, 15) is 8.42 Å². The predicted molar refractivity (Wildman–Crippen MR) is 140 cm³/mol. The van der Waals surface area contributed by atoms with E-state index < -0.39 is 33.0 Å². The van der Waals surface area contributed by atoms with Gasteiger partial charge in [-0.05, 0) is 33.8 Å². The molecule has 0 saturated heterocycles. The van der Waals surface area contributed by atoms with E-state index >= 15 is 0 Å². The fourth-order valence-electron chi connectivity index (χ4n) is 3.98. The third-order valence-electron chi connectivity index (χ3n) is 5.85. The van der Waals surface area contributed by atoms with Crippen molar-refractivity contribution in [2.24, 2.45) is 0 Å². The van der Waals surface area contributed by atoms with Gasteiger partial charge in [-0.2, -0.15) is 0 Å². The van der Waals surface area contributed by atoms with E-state index in [0.29, 0.717) is 23.1 Å². The summed E-state index contributed by atoms with van der Waals surface area (Å²) in [7, 11) is 0.812. The summed E-state index contributed by atoms with van der Waals surface area (Å²) in [6.45, 7) is 7.59.